The fourth-order valence-corrected chi connectivity index (χ4v) is 2.00. The van der Waals surface area contributed by atoms with Crippen LogP contribution < -0.4 is 11.1 Å². The minimum Gasteiger partial charge on any atom is -0.398 e. The van der Waals surface area contributed by atoms with E-state index in [2.05, 4.69) is 5.32 Å². The Kier molecular flexibility index (Phi) is 4.05. The Morgan fingerprint density at radius 3 is 2.35 bits per heavy atom. The summed E-state index contributed by atoms with van der Waals surface area (Å²) in [5.41, 5.74) is 7.52. The van der Waals surface area contributed by atoms with Crippen LogP contribution in [0.5, 0.6) is 0 Å². The van der Waals surface area contributed by atoms with Crippen LogP contribution >= 0.6 is 11.6 Å². The third-order valence-corrected chi connectivity index (χ3v) is 3.16. The summed E-state index contributed by atoms with van der Waals surface area (Å²) in [4.78, 5) is 23.3. The molecule has 5 heteroatoms. The molecule has 0 spiro atoms. The number of halogens is 1. The van der Waals surface area contributed by atoms with Gasteiger partial charge in [0.15, 0.2) is 5.78 Å². The number of amides is 1. The maximum absolute atomic E-state index is 12.3. The average Bonchev–Trinajstić information content (AvgIpc) is 2.41. The van der Waals surface area contributed by atoms with Crippen LogP contribution in [0.4, 0.5) is 11.4 Å². The highest BCUT2D eigenvalue weighted by Crippen LogP contribution is 2.25. The molecular weight excluding hydrogens is 276 g/mol. The Balaban J connectivity index is 2.29. The van der Waals surface area contributed by atoms with Gasteiger partial charge in [0.2, 0.25) is 5.91 Å². The molecule has 20 heavy (non-hydrogen) atoms. The molecule has 4 nitrogen and oxygen atoms in total. The van der Waals surface area contributed by atoms with Crippen LogP contribution in [0.15, 0.2) is 42.5 Å². The molecule has 2 aromatic rings. The van der Waals surface area contributed by atoms with E-state index in [1.165, 1.54) is 6.92 Å². The van der Waals surface area contributed by atoms with Gasteiger partial charge in [-0.2, -0.15) is 0 Å². The number of ketones is 1. The first-order valence-electron chi connectivity index (χ1n) is 5.95. The highest BCUT2D eigenvalue weighted by Gasteiger charge is 2.14. The van der Waals surface area contributed by atoms with Gasteiger partial charge in [0.1, 0.15) is 0 Å². The minimum atomic E-state index is -0.211. The topological polar surface area (TPSA) is 72.2 Å². The van der Waals surface area contributed by atoms with E-state index in [0.29, 0.717) is 22.5 Å². The van der Waals surface area contributed by atoms with Crippen molar-refractivity contribution in [1.82, 2.24) is 0 Å². The first kappa shape index (κ1) is 14.1. The lowest BCUT2D eigenvalue weighted by Gasteiger charge is -2.07. The van der Waals surface area contributed by atoms with Crippen LogP contribution in [-0.4, -0.2) is 11.7 Å². The summed E-state index contributed by atoms with van der Waals surface area (Å²) in [5, 5.41) is 2.89. The Morgan fingerprint density at radius 2 is 1.75 bits per heavy atom. The molecule has 0 saturated heterocycles. The second-order valence-electron chi connectivity index (χ2n) is 4.30. The van der Waals surface area contributed by atoms with Gasteiger partial charge in [-0.25, -0.2) is 0 Å². The summed E-state index contributed by atoms with van der Waals surface area (Å²) in [5.74, 6) is -0.375. The smallest absolute Gasteiger partial charge is 0.221 e. The monoisotopic (exact) mass is 288 g/mol. The number of nitrogens with one attached hydrogen (secondary N) is 1. The molecule has 0 bridgehead atoms. The van der Waals surface area contributed by atoms with Gasteiger partial charge in [-0.15, -0.1) is 0 Å². The molecule has 0 heterocycles. The van der Waals surface area contributed by atoms with Crippen molar-refractivity contribution in [2.45, 2.75) is 6.92 Å². The molecule has 0 aliphatic rings. The van der Waals surface area contributed by atoms with E-state index in [1.807, 2.05) is 0 Å². The van der Waals surface area contributed by atoms with Crippen molar-refractivity contribution in [1.29, 1.82) is 0 Å². The molecule has 1 amide bonds. The minimum absolute atomic E-state index is 0.164. The van der Waals surface area contributed by atoms with Crippen molar-refractivity contribution in [3.8, 4) is 0 Å². The van der Waals surface area contributed by atoms with Crippen LogP contribution in [0.2, 0.25) is 5.02 Å². The highest BCUT2D eigenvalue weighted by molar-refractivity contribution is 6.37. The molecule has 0 unspecified atom stereocenters. The molecule has 0 aromatic heterocycles. The predicted octanol–water partition coefficient (Wildman–Crippen LogP) is 3.11. The molecule has 0 aliphatic heterocycles. The van der Waals surface area contributed by atoms with Gasteiger partial charge in [-0.3, -0.25) is 9.59 Å². The lowest BCUT2D eigenvalue weighted by atomic mass is 10.0. The summed E-state index contributed by atoms with van der Waals surface area (Å²) in [6.07, 6.45) is 0. The molecule has 2 rings (SSSR count). The number of anilines is 2. The molecule has 0 atom stereocenters. The normalized spacial score (nSPS) is 10.1. The van der Waals surface area contributed by atoms with E-state index in [1.54, 1.807) is 42.5 Å². The zero-order valence-electron chi connectivity index (χ0n) is 10.8. The van der Waals surface area contributed by atoms with Crippen LogP contribution in [0.1, 0.15) is 22.8 Å². The summed E-state index contributed by atoms with van der Waals surface area (Å²) >= 11 is 6.04. The van der Waals surface area contributed by atoms with Crippen molar-refractivity contribution in [3.63, 3.8) is 0 Å². The Labute approximate surface area is 121 Å². The van der Waals surface area contributed by atoms with Crippen molar-refractivity contribution in [3.05, 3.63) is 58.6 Å². The van der Waals surface area contributed by atoms with Crippen molar-refractivity contribution in [2.24, 2.45) is 0 Å². The molecule has 2 aromatic carbocycles. The third-order valence-electron chi connectivity index (χ3n) is 2.74. The largest absolute Gasteiger partial charge is 0.398 e. The van der Waals surface area contributed by atoms with Crippen LogP contribution in [0.3, 0.4) is 0 Å². The van der Waals surface area contributed by atoms with Gasteiger partial charge in [-0.1, -0.05) is 17.7 Å². The maximum Gasteiger partial charge on any atom is 0.221 e. The zero-order valence-corrected chi connectivity index (χ0v) is 11.6. The summed E-state index contributed by atoms with van der Waals surface area (Å²) < 4.78 is 0. The molecule has 0 saturated carbocycles. The molecular formula is C15H13ClN2O2. The zero-order chi connectivity index (χ0) is 14.7. The number of benzene rings is 2. The summed E-state index contributed by atoms with van der Waals surface area (Å²) in [6.45, 7) is 1.42. The van der Waals surface area contributed by atoms with E-state index in [0.717, 1.165) is 0 Å². The lowest BCUT2D eigenvalue weighted by Crippen LogP contribution is -2.07. The molecule has 3 N–H and O–H groups in total. The maximum atomic E-state index is 12.3. The van der Waals surface area contributed by atoms with E-state index >= 15 is 0 Å². The van der Waals surface area contributed by atoms with Crippen LogP contribution in [0, 0.1) is 0 Å². The van der Waals surface area contributed by atoms with Crippen molar-refractivity contribution in [2.75, 3.05) is 11.1 Å². The average molecular weight is 289 g/mol. The summed E-state index contributed by atoms with van der Waals surface area (Å²) in [6, 6.07) is 11.5. The SMILES string of the molecule is CC(=O)Nc1ccc(C(=O)c2cccc(N)c2Cl)cc1. The van der Waals surface area contributed by atoms with Crippen molar-refractivity contribution < 1.29 is 9.59 Å². The predicted molar refractivity (Wildman–Crippen MR) is 80.0 cm³/mol. The number of carbonyl (C=O) groups is 2. The first-order valence-corrected chi connectivity index (χ1v) is 6.33. The van der Waals surface area contributed by atoms with E-state index < -0.39 is 0 Å². The Hall–Kier alpha value is -2.33. The molecule has 0 fully saturated rings. The number of nitrogens with two attached hydrogens (primary N) is 1. The fraction of sp³-hybridized carbons (Fsp3) is 0.0667. The standard InChI is InChI=1S/C15H13ClN2O2/c1-9(19)18-11-7-5-10(6-8-11)15(20)12-3-2-4-13(17)14(12)16/h2-8H,17H2,1H3,(H,18,19). The van der Waals surface area contributed by atoms with E-state index in [4.69, 9.17) is 17.3 Å². The van der Waals surface area contributed by atoms with Crippen molar-refractivity contribution >= 4 is 34.7 Å². The van der Waals surface area contributed by atoms with Gasteiger partial charge >= 0.3 is 0 Å². The van der Waals surface area contributed by atoms with E-state index in [-0.39, 0.29) is 16.7 Å². The van der Waals surface area contributed by atoms with Gasteiger partial charge in [-0.05, 0) is 36.4 Å². The molecule has 0 radical (unpaired) electrons. The number of rotatable bonds is 3. The van der Waals surface area contributed by atoms with Crippen LogP contribution in [0.25, 0.3) is 0 Å². The highest BCUT2D eigenvalue weighted by atomic mass is 35.5. The first-order chi connectivity index (χ1) is 9.49. The molecule has 0 aliphatic carbocycles. The van der Waals surface area contributed by atoms with Gasteiger partial charge < -0.3 is 11.1 Å². The number of nitrogen functional groups attached to an aromatic ring is 1. The second-order valence-corrected chi connectivity index (χ2v) is 4.67. The van der Waals surface area contributed by atoms with Gasteiger partial charge in [0.05, 0.1) is 10.7 Å². The number of carbonyl (C=O) groups excluding carboxylic acids is 2. The summed E-state index contributed by atoms with van der Waals surface area (Å²) in [7, 11) is 0. The third kappa shape index (κ3) is 2.97. The number of hydrogen-bond acceptors (Lipinski definition) is 3. The van der Waals surface area contributed by atoms with Gasteiger partial charge in [0.25, 0.3) is 0 Å². The molecule has 102 valence electrons. The van der Waals surface area contributed by atoms with Crippen LogP contribution in [-0.2, 0) is 4.79 Å². The van der Waals surface area contributed by atoms with Gasteiger partial charge in [0, 0.05) is 23.7 Å². The van der Waals surface area contributed by atoms with E-state index in [9.17, 15) is 9.59 Å². The Bertz CT molecular complexity index is 666. The lowest BCUT2D eigenvalue weighted by molar-refractivity contribution is -0.114. The quantitative estimate of drug-likeness (QED) is 0.673. The Morgan fingerprint density at radius 1 is 1.10 bits per heavy atom. The second kappa shape index (κ2) is 5.75. The fourth-order valence-electron chi connectivity index (χ4n) is 1.79. The number of hydrogen-bond donors (Lipinski definition) is 2.